The SMILES string of the molecule is Cc1c(O)cccc1OCCCCn1c(-c2ccccn2)nc2ccccc21. The van der Waals surface area contributed by atoms with Gasteiger partial charge in [-0.3, -0.25) is 4.98 Å². The second-order valence-electron chi connectivity index (χ2n) is 6.75. The smallest absolute Gasteiger partial charge is 0.159 e. The summed E-state index contributed by atoms with van der Waals surface area (Å²) in [6.45, 7) is 3.31. The van der Waals surface area contributed by atoms with E-state index in [9.17, 15) is 5.11 Å². The Balaban J connectivity index is 1.45. The minimum absolute atomic E-state index is 0.266. The fourth-order valence-electron chi connectivity index (χ4n) is 3.31. The van der Waals surface area contributed by atoms with Crippen molar-refractivity contribution >= 4 is 11.0 Å². The van der Waals surface area contributed by atoms with Crippen molar-refractivity contribution in [2.45, 2.75) is 26.3 Å². The number of phenols is 1. The Morgan fingerprint density at radius 1 is 0.964 bits per heavy atom. The van der Waals surface area contributed by atoms with Gasteiger partial charge in [-0.2, -0.15) is 0 Å². The third kappa shape index (κ3) is 3.69. The molecule has 0 atom stereocenters. The number of hydrogen-bond donors (Lipinski definition) is 1. The Hall–Kier alpha value is -3.34. The molecule has 0 radical (unpaired) electrons. The normalized spacial score (nSPS) is 11.0. The second-order valence-corrected chi connectivity index (χ2v) is 6.75. The maximum absolute atomic E-state index is 9.77. The summed E-state index contributed by atoms with van der Waals surface area (Å²) in [6, 6.07) is 19.4. The lowest BCUT2D eigenvalue weighted by molar-refractivity contribution is 0.299. The quantitative estimate of drug-likeness (QED) is 0.465. The molecule has 5 heteroatoms. The third-order valence-electron chi connectivity index (χ3n) is 4.84. The number of unbranched alkanes of at least 4 members (excludes halogenated alkanes) is 1. The van der Waals surface area contributed by atoms with Gasteiger partial charge in [0.1, 0.15) is 17.2 Å². The zero-order valence-corrected chi connectivity index (χ0v) is 15.9. The van der Waals surface area contributed by atoms with Crippen LogP contribution in [0.1, 0.15) is 18.4 Å². The van der Waals surface area contributed by atoms with Crippen LogP contribution in [-0.4, -0.2) is 26.2 Å². The predicted molar refractivity (Wildman–Crippen MR) is 111 cm³/mol. The molecule has 0 aliphatic rings. The van der Waals surface area contributed by atoms with E-state index in [-0.39, 0.29) is 5.75 Å². The number of hydrogen-bond acceptors (Lipinski definition) is 4. The van der Waals surface area contributed by atoms with E-state index in [0.717, 1.165) is 53.3 Å². The number of ether oxygens (including phenoxy) is 1. The molecule has 142 valence electrons. The Labute approximate surface area is 164 Å². The Morgan fingerprint density at radius 3 is 2.68 bits per heavy atom. The van der Waals surface area contributed by atoms with E-state index in [0.29, 0.717) is 6.61 Å². The van der Waals surface area contributed by atoms with E-state index in [1.54, 1.807) is 18.3 Å². The van der Waals surface area contributed by atoms with Crippen LogP contribution in [0.2, 0.25) is 0 Å². The highest BCUT2D eigenvalue weighted by Gasteiger charge is 2.13. The summed E-state index contributed by atoms with van der Waals surface area (Å²) < 4.78 is 8.08. The van der Waals surface area contributed by atoms with Crippen molar-refractivity contribution in [3.63, 3.8) is 0 Å². The van der Waals surface area contributed by atoms with Gasteiger partial charge in [0.25, 0.3) is 0 Å². The van der Waals surface area contributed by atoms with E-state index in [4.69, 9.17) is 9.72 Å². The molecule has 28 heavy (non-hydrogen) atoms. The highest BCUT2D eigenvalue weighted by molar-refractivity contribution is 5.79. The first-order valence-electron chi connectivity index (χ1n) is 9.52. The first-order chi connectivity index (χ1) is 13.7. The van der Waals surface area contributed by atoms with Crippen LogP contribution in [0.15, 0.2) is 66.9 Å². The van der Waals surface area contributed by atoms with Crippen LogP contribution in [0.5, 0.6) is 11.5 Å². The molecule has 4 aromatic rings. The standard InChI is InChI=1S/C23H23N3O2/c1-17-21(27)12-8-13-22(17)28-16-7-6-15-26-20-11-3-2-9-18(20)25-23(26)19-10-4-5-14-24-19/h2-5,8-14,27H,6-7,15-16H2,1H3. The minimum Gasteiger partial charge on any atom is -0.508 e. The Kier molecular flexibility index (Phi) is 5.24. The molecule has 0 saturated carbocycles. The van der Waals surface area contributed by atoms with E-state index in [1.807, 2.05) is 49.4 Å². The van der Waals surface area contributed by atoms with Crippen LogP contribution in [0, 0.1) is 6.92 Å². The number of para-hydroxylation sites is 2. The van der Waals surface area contributed by atoms with Crippen molar-refractivity contribution in [3.05, 3.63) is 72.4 Å². The van der Waals surface area contributed by atoms with Gasteiger partial charge >= 0.3 is 0 Å². The van der Waals surface area contributed by atoms with Crippen molar-refractivity contribution in [1.82, 2.24) is 14.5 Å². The van der Waals surface area contributed by atoms with E-state index in [1.165, 1.54) is 0 Å². The Bertz CT molecular complexity index is 1070. The van der Waals surface area contributed by atoms with Gasteiger partial charge in [-0.1, -0.05) is 24.3 Å². The molecule has 4 rings (SSSR count). The van der Waals surface area contributed by atoms with Crippen LogP contribution in [0.25, 0.3) is 22.6 Å². The third-order valence-corrected chi connectivity index (χ3v) is 4.84. The van der Waals surface area contributed by atoms with Crippen LogP contribution in [0.3, 0.4) is 0 Å². The summed E-state index contributed by atoms with van der Waals surface area (Å²) in [6.07, 6.45) is 3.66. The number of aryl methyl sites for hydroxylation is 1. The van der Waals surface area contributed by atoms with Gasteiger partial charge < -0.3 is 14.4 Å². The summed E-state index contributed by atoms with van der Waals surface area (Å²) in [4.78, 5) is 9.27. The molecule has 0 unspecified atom stereocenters. The number of aromatic hydroxyl groups is 1. The topological polar surface area (TPSA) is 60.2 Å². The lowest BCUT2D eigenvalue weighted by Gasteiger charge is -2.11. The van der Waals surface area contributed by atoms with Crippen LogP contribution in [0.4, 0.5) is 0 Å². The average molecular weight is 373 g/mol. The first-order valence-corrected chi connectivity index (χ1v) is 9.52. The summed E-state index contributed by atoms with van der Waals surface area (Å²) in [7, 11) is 0. The molecular weight excluding hydrogens is 350 g/mol. The van der Waals surface area contributed by atoms with Gasteiger partial charge in [-0.15, -0.1) is 0 Å². The van der Waals surface area contributed by atoms with Crippen LogP contribution < -0.4 is 4.74 Å². The maximum Gasteiger partial charge on any atom is 0.159 e. The highest BCUT2D eigenvalue weighted by Crippen LogP contribution is 2.26. The maximum atomic E-state index is 9.77. The number of benzene rings is 2. The number of phenolic OH excluding ortho intramolecular Hbond substituents is 1. The summed E-state index contributed by atoms with van der Waals surface area (Å²) in [5.74, 6) is 1.90. The van der Waals surface area contributed by atoms with E-state index >= 15 is 0 Å². The van der Waals surface area contributed by atoms with Crippen molar-refractivity contribution in [1.29, 1.82) is 0 Å². The number of rotatable bonds is 7. The van der Waals surface area contributed by atoms with Gasteiger partial charge in [0, 0.05) is 18.3 Å². The zero-order chi connectivity index (χ0) is 19.3. The van der Waals surface area contributed by atoms with Crippen molar-refractivity contribution in [2.24, 2.45) is 0 Å². The fraction of sp³-hybridized carbons (Fsp3) is 0.217. The predicted octanol–water partition coefficient (Wildman–Crippen LogP) is 4.97. The molecule has 0 saturated heterocycles. The van der Waals surface area contributed by atoms with E-state index < -0.39 is 0 Å². The molecule has 1 N–H and O–H groups in total. The monoisotopic (exact) mass is 373 g/mol. The van der Waals surface area contributed by atoms with Gasteiger partial charge in [0.2, 0.25) is 0 Å². The van der Waals surface area contributed by atoms with Crippen molar-refractivity contribution < 1.29 is 9.84 Å². The number of fused-ring (bicyclic) bond motifs is 1. The molecule has 5 nitrogen and oxygen atoms in total. The van der Waals surface area contributed by atoms with Crippen LogP contribution in [-0.2, 0) is 6.54 Å². The molecule has 0 fully saturated rings. The first kappa shape index (κ1) is 18.0. The largest absolute Gasteiger partial charge is 0.508 e. The zero-order valence-electron chi connectivity index (χ0n) is 15.9. The van der Waals surface area contributed by atoms with Gasteiger partial charge in [-0.25, -0.2) is 4.98 Å². The molecule has 0 aliphatic heterocycles. The number of pyridine rings is 1. The summed E-state index contributed by atoms with van der Waals surface area (Å²) in [5, 5.41) is 9.77. The summed E-state index contributed by atoms with van der Waals surface area (Å²) in [5.41, 5.74) is 3.76. The average Bonchev–Trinajstić information content (AvgIpc) is 3.10. The fourth-order valence-corrected chi connectivity index (χ4v) is 3.31. The molecule has 0 bridgehead atoms. The Morgan fingerprint density at radius 2 is 1.82 bits per heavy atom. The number of aromatic nitrogens is 3. The molecule has 2 aromatic carbocycles. The molecule has 0 spiro atoms. The second kappa shape index (κ2) is 8.13. The van der Waals surface area contributed by atoms with Gasteiger partial charge in [0.05, 0.1) is 17.6 Å². The molecule has 0 aliphatic carbocycles. The molecule has 0 amide bonds. The molecule has 2 heterocycles. The molecule has 2 aromatic heterocycles. The van der Waals surface area contributed by atoms with Crippen molar-refractivity contribution in [2.75, 3.05) is 6.61 Å². The molecular formula is C23H23N3O2. The van der Waals surface area contributed by atoms with Crippen LogP contribution >= 0.6 is 0 Å². The lowest BCUT2D eigenvalue weighted by atomic mass is 10.2. The van der Waals surface area contributed by atoms with Gasteiger partial charge in [0.15, 0.2) is 5.82 Å². The highest BCUT2D eigenvalue weighted by atomic mass is 16.5. The number of nitrogens with zero attached hydrogens (tertiary/aromatic N) is 3. The number of imidazole rings is 1. The van der Waals surface area contributed by atoms with E-state index in [2.05, 4.69) is 15.6 Å². The van der Waals surface area contributed by atoms with Crippen molar-refractivity contribution in [3.8, 4) is 23.0 Å². The lowest BCUT2D eigenvalue weighted by Crippen LogP contribution is -2.05. The summed E-state index contributed by atoms with van der Waals surface area (Å²) >= 11 is 0. The van der Waals surface area contributed by atoms with Gasteiger partial charge in [-0.05, 0) is 56.2 Å². The minimum atomic E-state index is 0.266.